The van der Waals surface area contributed by atoms with Gasteiger partial charge in [-0.1, -0.05) is 42.5 Å². The Labute approximate surface area is 268 Å². The number of para-hydroxylation sites is 3. The number of carboxylic acids is 1. The summed E-state index contributed by atoms with van der Waals surface area (Å²) in [6, 6.07) is 22.4. The van der Waals surface area contributed by atoms with E-state index in [1.807, 2.05) is 18.2 Å². The lowest BCUT2D eigenvalue weighted by molar-refractivity contribution is -0.142. The van der Waals surface area contributed by atoms with Crippen LogP contribution in [0.25, 0.3) is 0 Å². The summed E-state index contributed by atoms with van der Waals surface area (Å²) < 4.78 is 5.30. The van der Waals surface area contributed by atoms with E-state index >= 15 is 0 Å². The van der Waals surface area contributed by atoms with Gasteiger partial charge in [-0.05, 0) is 54.8 Å². The number of ether oxygens (including phenoxy) is 1. The maximum Gasteiger partial charge on any atom is 0.326 e. The fraction of sp³-hybridized carbons (Fsp3) is 0.353. The van der Waals surface area contributed by atoms with Gasteiger partial charge < -0.3 is 40.5 Å². The van der Waals surface area contributed by atoms with Crippen LogP contribution in [0.4, 0.5) is 26.7 Å². The predicted octanol–water partition coefficient (Wildman–Crippen LogP) is 4.11. The lowest BCUT2D eigenvalue weighted by Gasteiger charge is -2.36. The molecule has 2 aliphatic heterocycles. The molecule has 2 saturated heterocycles. The second-order valence-electron chi connectivity index (χ2n) is 11.5. The van der Waals surface area contributed by atoms with E-state index in [4.69, 9.17) is 4.74 Å². The van der Waals surface area contributed by atoms with Gasteiger partial charge in [0, 0.05) is 57.1 Å². The summed E-state index contributed by atoms with van der Waals surface area (Å²) in [6.45, 7) is 3.35. The number of methoxy groups -OCH3 is 1. The molecular weight excluding hydrogens is 588 g/mol. The molecule has 4 N–H and O–H groups in total. The van der Waals surface area contributed by atoms with Gasteiger partial charge in [-0.2, -0.15) is 0 Å². The summed E-state index contributed by atoms with van der Waals surface area (Å²) in [5.74, 6) is -1.56. The monoisotopic (exact) mass is 628 g/mol. The van der Waals surface area contributed by atoms with Crippen molar-refractivity contribution in [3.63, 3.8) is 0 Å². The van der Waals surface area contributed by atoms with E-state index in [1.165, 1.54) is 7.11 Å². The maximum atomic E-state index is 13.1. The number of aliphatic carboxylic acids is 1. The van der Waals surface area contributed by atoms with Crippen LogP contribution in [0.3, 0.4) is 0 Å². The first-order valence-corrected chi connectivity index (χ1v) is 15.5. The summed E-state index contributed by atoms with van der Waals surface area (Å²) in [4.78, 5) is 56.6. The van der Waals surface area contributed by atoms with Gasteiger partial charge in [0.25, 0.3) is 0 Å². The Morgan fingerprint density at radius 1 is 0.826 bits per heavy atom. The molecule has 3 aromatic rings. The summed E-state index contributed by atoms with van der Waals surface area (Å²) in [6.07, 6.45) is 1.23. The molecule has 2 aliphatic rings. The minimum atomic E-state index is -1.15. The van der Waals surface area contributed by atoms with Crippen LogP contribution < -0.4 is 25.6 Å². The third kappa shape index (κ3) is 8.26. The average molecular weight is 629 g/mol. The van der Waals surface area contributed by atoms with Crippen molar-refractivity contribution in [2.45, 2.75) is 25.3 Å². The molecule has 2 fully saturated rings. The highest BCUT2D eigenvalue weighted by Crippen LogP contribution is 2.25. The van der Waals surface area contributed by atoms with Crippen LogP contribution >= 0.6 is 0 Å². The second-order valence-corrected chi connectivity index (χ2v) is 11.5. The molecule has 1 unspecified atom stereocenters. The number of carboxylic acid groups (broad SMARTS) is 1. The quantitative estimate of drug-likeness (QED) is 0.279. The van der Waals surface area contributed by atoms with Crippen LogP contribution in [0.2, 0.25) is 0 Å². The molecule has 2 heterocycles. The molecule has 0 saturated carbocycles. The second kappa shape index (κ2) is 15.2. The first-order valence-electron chi connectivity index (χ1n) is 15.5. The Balaban J connectivity index is 1.10. The first-order chi connectivity index (χ1) is 22.3. The molecule has 0 bridgehead atoms. The van der Waals surface area contributed by atoms with E-state index in [0.29, 0.717) is 55.2 Å². The van der Waals surface area contributed by atoms with Gasteiger partial charge in [-0.15, -0.1) is 0 Å². The smallest absolute Gasteiger partial charge is 0.326 e. The lowest BCUT2D eigenvalue weighted by atomic mass is 9.96. The van der Waals surface area contributed by atoms with Crippen LogP contribution in [0.15, 0.2) is 78.9 Å². The SMILES string of the molecule is COc1ccccc1NC(=O)N1CCCC(C(=O)N[C@H](Cc2ccc(NC(=O)N3CCN(c4ccccc4)CC3)cc2)C(=O)O)C1. The van der Waals surface area contributed by atoms with Crippen LogP contribution in [0.5, 0.6) is 5.75 Å². The Bertz CT molecular complexity index is 1510. The number of nitrogens with one attached hydrogen (secondary N) is 3. The zero-order valence-corrected chi connectivity index (χ0v) is 25.9. The van der Waals surface area contributed by atoms with Crippen molar-refractivity contribution in [2.24, 2.45) is 5.92 Å². The number of likely N-dealkylation sites (tertiary alicyclic amines) is 1. The van der Waals surface area contributed by atoms with Crippen molar-refractivity contribution >= 4 is 41.0 Å². The van der Waals surface area contributed by atoms with Gasteiger partial charge >= 0.3 is 18.0 Å². The normalized spacial score (nSPS) is 17.1. The molecule has 2 atom stereocenters. The lowest BCUT2D eigenvalue weighted by Crippen LogP contribution is -2.50. The molecule has 242 valence electrons. The van der Waals surface area contributed by atoms with E-state index in [2.05, 4.69) is 33.0 Å². The van der Waals surface area contributed by atoms with Crippen molar-refractivity contribution < 1.29 is 29.0 Å². The van der Waals surface area contributed by atoms with Crippen LogP contribution in [0.1, 0.15) is 18.4 Å². The number of nitrogens with zero attached hydrogens (tertiary/aromatic N) is 3. The average Bonchev–Trinajstić information content (AvgIpc) is 3.09. The van der Waals surface area contributed by atoms with Gasteiger partial charge in [0.1, 0.15) is 11.8 Å². The highest BCUT2D eigenvalue weighted by Gasteiger charge is 2.31. The third-order valence-corrected chi connectivity index (χ3v) is 8.38. The zero-order valence-electron chi connectivity index (χ0n) is 25.9. The van der Waals surface area contributed by atoms with Gasteiger partial charge in [0.2, 0.25) is 5.91 Å². The molecule has 5 rings (SSSR count). The fourth-order valence-corrected chi connectivity index (χ4v) is 5.78. The predicted molar refractivity (Wildman–Crippen MR) is 175 cm³/mol. The van der Waals surface area contributed by atoms with E-state index in [0.717, 1.165) is 18.8 Å². The fourth-order valence-electron chi connectivity index (χ4n) is 5.78. The third-order valence-electron chi connectivity index (χ3n) is 8.38. The molecule has 0 radical (unpaired) electrons. The number of piperazine rings is 1. The van der Waals surface area contributed by atoms with Crippen LogP contribution in [-0.2, 0) is 16.0 Å². The summed E-state index contributed by atoms with van der Waals surface area (Å²) >= 11 is 0. The van der Waals surface area contributed by atoms with Gasteiger partial charge in [0.05, 0.1) is 18.7 Å². The highest BCUT2D eigenvalue weighted by atomic mass is 16.5. The Hall–Kier alpha value is -5.26. The number of rotatable bonds is 9. The van der Waals surface area contributed by atoms with Crippen LogP contribution in [-0.4, -0.2) is 91.3 Å². The van der Waals surface area contributed by atoms with Crippen molar-refractivity contribution in [1.29, 1.82) is 0 Å². The molecule has 46 heavy (non-hydrogen) atoms. The maximum absolute atomic E-state index is 13.1. The van der Waals surface area contributed by atoms with E-state index in [-0.39, 0.29) is 25.0 Å². The number of benzene rings is 3. The van der Waals surface area contributed by atoms with E-state index in [1.54, 1.807) is 58.3 Å². The van der Waals surface area contributed by atoms with Crippen molar-refractivity contribution in [3.8, 4) is 5.75 Å². The van der Waals surface area contributed by atoms with Crippen molar-refractivity contribution in [1.82, 2.24) is 15.1 Å². The molecule has 0 aliphatic carbocycles. The largest absolute Gasteiger partial charge is 0.495 e. The number of anilines is 3. The number of carbonyl (C=O) groups is 4. The Morgan fingerprint density at radius 3 is 2.20 bits per heavy atom. The Morgan fingerprint density at radius 2 is 1.50 bits per heavy atom. The molecule has 0 spiro atoms. The zero-order chi connectivity index (χ0) is 32.5. The minimum absolute atomic E-state index is 0.0709. The standard InChI is InChI=1S/C34H40N6O6/c1-46-30-12-6-5-11-28(30)37-34(45)40-17-7-8-25(23-40)31(41)36-29(32(42)43)22-24-13-15-26(16-14-24)35-33(44)39-20-18-38(19-21-39)27-9-3-2-4-10-27/h2-6,9-16,25,29H,7-8,17-23H2,1H3,(H,35,44)(H,36,41)(H,37,45)(H,42,43)/t25?,29-/m1/s1. The summed E-state index contributed by atoms with van der Waals surface area (Å²) in [5.41, 5.74) is 2.97. The Kier molecular flexibility index (Phi) is 10.6. The molecule has 3 aromatic carbocycles. The van der Waals surface area contributed by atoms with Gasteiger partial charge in [-0.25, -0.2) is 14.4 Å². The summed E-state index contributed by atoms with van der Waals surface area (Å²) in [7, 11) is 1.52. The van der Waals surface area contributed by atoms with Crippen LogP contribution in [0, 0.1) is 5.92 Å². The van der Waals surface area contributed by atoms with Gasteiger partial charge in [-0.3, -0.25) is 4.79 Å². The molecule has 12 heteroatoms. The highest BCUT2D eigenvalue weighted by molar-refractivity contribution is 5.92. The van der Waals surface area contributed by atoms with E-state index in [9.17, 15) is 24.3 Å². The number of urea groups is 2. The number of hydrogen-bond acceptors (Lipinski definition) is 6. The number of carbonyl (C=O) groups excluding carboxylic acids is 3. The minimum Gasteiger partial charge on any atom is -0.495 e. The topological polar surface area (TPSA) is 144 Å². The number of piperidine rings is 1. The number of amides is 5. The summed E-state index contributed by atoms with van der Waals surface area (Å²) in [5, 5.41) is 18.3. The van der Waals surface area contributed by atoms with Gasteiger partial charge in [0.15, 0.2) is 0 Å². The first kappa shape index (κ1) is 32.1. The molecule has 12 nitrogen and oxygen atoms in total. The molecule has 5 amide bonds. The molecule has 0 aromatic heterocycles. The van der Waals surface area contributed by atoms with Crippen molar-refractivity contribution in [2.75, 3.05) is 61.9 Å². The molecular formula is C34H40N6O6. The number of hydrogen-bond donors (Lipinski definition) is 4. The van der Waals surface area contributed by atoms with Crippen molar-refractivity contribution in [3.05, 3.63) is 84.4 Å². The van der Waals surface area contributed by atoms with E-state index < -0.39 is 23.8 Å².